The highest BCUT2D eigenvalue weighted by Crippen LogP contribution is 2.29. The van der Waals surface area contributed by atoms with Gasteiger partial charge in [-0.05, 0) is 55.2 Å². The Hall–Kier alpha value is -3.48. The Balaban J connectivity index is 0.000000672. The molecule has 0 aliphatic rings. The molecule has 8 heteroatoms. The van der Waals surface area contributed by atoms with Gasteiger partial charge in [-0.2, -0.15) is 14.0 Å². The molecule has 3 rings (SSSR count). The van der Waals surface area contributed by atoms with Crippen LogP contribution in [-0.2, 0) is 25.5 Å². The predicted molar refractivity (Wildman–Crippen MR) is 113 cm³/mol. The third-order valence-electron chi connectivity index (χ3n) is 3.51. The van der Waals surface area contributed by atoms with E-state index < -0.39 is 12.1 Å². The van der Waals surface area contributed by atoms with Gasteiger partial charge in [0.1, 0.15) is 5.75 Å². The van der Waals surface area contributed by atoms with Gasteiger partial charge in [-0.15, -0.1) is 6.58 Å². The Kier molecular flexibility index (Phi) is 11.2. The summed E-state index contributed by atoms with van der Waals surface area (Å²) in [5.41, 5.74) is 0.866. The number of nitrogens with zero attached hydrogens (tertiary/aromatic N) is 1. The minimum atomic E-state index is -0.792. The van der Waals surface area contributed by atoms with E-state index in [2.05, 4.69) is 11.0 Å². The van der Waals surface area contributed by atoms with E-state index in [0.29, 0.717) is 12.3 Å². The van der Waals surface area contributed by atoms with Crippen LogP contribution in [0.1, 0.15) is 19.4 Å². The quantitative estimate of drug-likeness (QED) is 0.463. The zero-order valence-corrected chi connectivity index (χ0v) is 17.6. The Morgan fingerprint density at radius 3 is 2.43 bits per heavy atom. The number of phenolic OH excluding ortho intramolecular Hbond substituents is 1. The molecule has 0 saturated carbocycles. The summed E-state index contributed by atoms with van der Waals surface area (Å²) in [6.07, 6.45) is 1.55. The molecule has 0 radical (unpaired) electrons. The minimum absolute atomic E-state index is 0.179. The van der Waals surface area contributed by atoms with E-state index in [0.717, 1.165) is 15.6 Å². The number of phenols is 1. The maximum Gasteiger partial charge on any atom is 0.373 e. The first-order valence-corrected chi connectivity index (χ1v) is 9.79. The third-order valence-corrected chi connectivity index (χ3v) is 4.31. The van der Waals surface area contributed by atoms with Crippen molar-refractivity contribution in [2.45, 2.75) is 26.4 Å². The monoisotopic (exact) mass is 429 g/mol. The molecule has 1 heterocycles. The standard InChI is InChI=1S/C18H17NO4S.C3H6.CO2/c1-2-22-18(21)15(11-12-7-9-13(20)10-8-12)23-17-14-5-3-4-6-16(14)24-19-17;1-3-2;2-1-3/h3-10,15,20H,2,11H2,1H3;3H,1H2,2H3;. The van der Waals surface area contributed by atoms with Crippen molar-refractivity contribution in [1.82, 2.24) is 4.37 Å². The molecule has 0 spiro atoms. The molecule has 0 aliphatic heterocycles. The van der Waals surface area contributed by atoms with E-state index in [1.807, 2.05) is 31.2 Å². The second-order valence-corrected chi connectivity index (χ2v) is 6.51. The third kappa shape index (κ3) is 7.87. The molecule has 0 fully saturated rings. The van der Waals surface area contributed by atoms with Crippen LogP contribution >= 0.6 is 11.5 Å². The maximum absolute atomic E-state index is 12.3. The molecule has 1 atom stereocenters. The summed E-state index contributed by atoms with van der Waals surface area (Å²) in [5, 5.41) is 10.3. The lowest BCUT2D eigenvalue weighted by Crippen LogP contribution is -2.31. The van der Waals surface area contributed by atoms with Gasteiger partial charge in [-0.25, -0.2) is 4.79 Å². The molecule has 0 amide bonds. The van der Waals surface area contributed by atoms with E-state index in [1.165, 1.54) is 11.5 Å². The van der Waals surface area contributed by atoms with Gasteiger partial charge in [0.05, 0.1) is 16.7 Å². The number of carbonyl (C=O) groups is 1. The number of benzene rings is 2. The summed E-state index contributed by atoms with van der Waals surface area (Å²) in [6, 6.07) is 14.4. The van der Waals surface area contributed by atoms with E-state index in [-0.39, 0.29) is 18.5 Å². The zero-order chi connectivity index (χ0) is 22.4. The van der Waals surface area contributed by atoms with Gasteiger partial charge in [0.15, 0.2) is 0 Å². The average Bonchev–Trinajstić information content (AvgIpc) is 3.13. The van der Waals surface area contributed by atoms with Gasteiger partial charge < -0.3 is 14.6 Å². The lowest BCUT2D eigenvalue weighted by molar-refractivity contribution is -0.191. The van der Waals surface area contributed by atoms with Gasteiger partial charge in [0.25, 0.3) is 0 Å². The number of ether oxygens (including phenoxy) is 2. The highest BCUT2D eigenvalue weighted by atomic mass is 32.1. The summed E-state index contributed by atoms with van der Waals surface area (Å²) in [5.74, 6) is 0.188. The smallest absolute Gasteiger partial charge is 0.373 e. The number of aromatic hydroxyl groups is 1. The Bertz CT molecular complexity index is 961. The number of rotatable bonds is 6. The fourth-order valence-corrected chi connectivity index (χ4v) is 3.05. The number of carbonyl (C=O) groups excluding carboxylic acids is 3. The van der Waals surface area contributed by atoms with Gasteiger partial charge in [0.2, 0.25) is 12.0 Å². The van der Waals surface area contributed by atoms with Crippen molar-refractivity contribution in [2.75, 3.05) is 6.61 Å². The summed E-state index contributed by atoms with van der Waals surface area (Å²) in [4.78, 5) is 28.5. The molecular formula is C22H23NO6S. The lowest BCUT2D eigenvalue weighted by Gasteiger charge is -2.16. The van der Waals surface area contributed by atoms with Crippen molar-refractivity contribution in [1.29, 1.82) is 0 Å². The molecule has 2 aromatic carbocycles. The Morgan fingerprint density at radius 1 is 1.23 bits per heavy atom. The molecule has 1 N–H and O–H groups in total. The van der Waals surface area contributed by atoms with Crippen LogP contribution in [0.4, 0.5) is 0 Å². The summed E-state index contributed by atoms with van der Waals surface area (Å²) in [6.45, 7) is 7.29. The number of hydrogen-bond acceptors (Lipinski definition) is 8. The average molecular weight is 429 g/mol. The lowest BCUT2D eigenvalue weighted by atomic mass is 10.1. The van der Waals surface area contributed by atoms with Crippen molar-refractivity contribution in [2.24, 2.45) is 0 Å². The van der Waals surface area contributed by atoms with Crippen molar-refractivity contribution in [3.8, 4) is 11.6 Å². The van der Waals surface area contributed by atoms with E-state index in [9.17, 15) is 9.90 Å². The van der Waals surface area contributed by atoms with Gasteiger partial charge >= 0.3 is 12.1 Å². The van der Waals surface area contributed by atoms with Gasteiger partial charge in [0, 0.05) is 6.42 Å². The van der Waals surface area contributed by atoms with Crippen molar-refractivity contribution < 1.29 is 29.0 Å². The minimum Gasteiger partial charge on any atom is -0.508 e. The van der Waals surface area contributed by atoms with Crippen LogP contribution in [0.5, 0.6) is 11.6 Å². The molecule has 158 valence electrons. The van der Waals surface area contributed by atoms with E-state index >= 15 is 0 Å². The molecule has 0 aliphatic carbocycles. The second kappa shape index (κ2) is 13.7. The van der Waals surface area contributed by atoms with Crippen LogP contribution in [0, 0.1) is 0 Å². The number of aromatic nitrogens is 1. The molecule has 30 heavy (non-hydrogen) atoms. The first kappa shape index (κ1) is 24.6. The SMILES string of the molecule is C=CC.CCOC(=O)C(Cc1ccc(O)cc1)Oc1nsc2ccccc12.O=C=O. The topological polar surface area (TPSA) is 103 Å². The number of allylic oxidation sites excluding steroid dienone is 1. The van der Waals surface area contributed by atoms with E-state index in [1.54, 1.807) is 37.3 Å². The molecule has 0 bridgehead atoms. The van der Waals surface area contributed by atoms with Crippen molar-refractivity contribution >= 4 is 33.7 Å². The number of hydrogen-bond donors (Lipinski definition) is 1. The van der Waals surface area contributed by atoms with Crippen LogP contribution in [0.3, 0.4) is 0 Å². The van der Waals surface area contributed by atoms with Crippen molar-refractivity contribution in [3.63, 3.8) is 0 Å². The molecule has 1 unspecified atom stereocenters. The first-order valence-electron chi connectivity index (χ1n) is 9.02. The van der Waals surface area contributed by atoms with Crippen LogP contribution in [-0.4, -0.2) is 34.3 Å². The fourth-order valence-electron chi connectivity index (χ4n) is 2.34. The van der Waals surface area contributed by atoms with Crippen LogP contribution in [0.2, 0.25) is 0 Å². The molecule has 7 nitrogen and oxygen atoms in total. The molecular weight excluding hydrogens is 406 g/mol. The normalized spacial score (nSPS) is 10.3. The highest BCUT2D eigenvalue weighted by Gasteiger charge is 2.24. The van der Waals surface area contributed by atoms with Crippen LogP contribution < -0.4 is 4.74 Å². The van der Waals surface area contributed by atoms with Gasteiger partial charge in [-0.3, -0.25) is 0 Å². The van der Waals surface area contributed by atoms with Crippen LogP contribution in [0.15, 0.2) is 61.2 Å². The molecule has 1 aromatic heterocycles. The van der Waals surface area contributed by atoms with Gasteiger partial charge in [-0.1, -0.05) is 30.3 Å². The summed E-state index contributed by atoms with van der Waals surface area (Å²) >= 11 is 1.33. The first-order chi connectivity index (χ1) is 14.5. The number of esters is 1. The molecule has 3 aromatic rings. The maximum atomic E-state index is 12.3. The summed E-state index contributed by atoms with van der Waals surface area (Å²) < 4.78 is 16.3. The second-order valence-electron chi connectivity index (χ2n) is 5.70. The fraction of sp³-hybridized carbons (Fsp3) is 0.227. The highest BCUT2D eigenvalue weighted by molar-refractivity contribution is 7.13. The van der Waals surface area contributed by atoms with E-state index in [4.69, 9.17) is 19.1 Å². The summed E-state index contributed by atoms with van der Waals surface area (Å²) in [7, 11) is 0. The molecule has 0 saturated heterocycles. The van der Waals surface area contributed by atoms with Crippen LogP contribution in [0.25, 0.3) is 10.1 Å². The largest absolute Gasteiger partial charge is 0.508 e. The van der Waals surface area contributed by atoms with Crippen molar-refractivity contribution in [3.05, 3.63) is 66.7 Å². The number of fused-ring (bicyclic) bond motifs is 1. The Morgan fingerprint density at radius 2 is 1.83 bits per heavy atom. The predicted octanol–water partition coefficient (Wildman–Crippen LogP) is 4.16. The Labute approximate surface area is 178 Å². The zero-order valence-electron chi connectivity index (χ0n) is 16.7.